The first-order chi connectivity index (χ1) is 9.35. The van der Waals surface area contributed by atoms with Crippen molar-refractivity contribution in [3.63, 3.8) is 0 Å². The van der Waals surface area contributed by atoms with Crippen LogP contribution >= 0.6 is 0 Å². The maximum absolute atomic E-state index is 12.2. The molecule has 0 aromatic rings. The number of ether oxygens (including phenoxy) is 2. The number of hydrogen-bond donors (Lipinski definition) is 0. The summed E-state index contributed by atoms with van der Waals surface area (Å²) >= 11 is 0. The van der Waals surface area contributed by atoms with Crippen LogP contribution in [0.4, 0.5) is 0 Å². The number of methoxy groups -OCH3 is 1. The summed E-state index contributed by atoms with van der Waals surface area (Å²) in [5.41, 5.74) is -1.19. The van der Waals surface area contributed by atoms with Gasteiger partial charge in [-0.2, -0.15) is 0 Å². The lowest BCUT2D eigenvalue weighted by Crippen LogP contribution is -2.58. The van der Waals surface area contributed by atoms with Crippen molar-refractivity contribution in [2.24, 2.45) is 22.7 Å². The number of rotatable bonds is 1. The second kappa shape index (κ2) is 4.06. The number of carbonyl (C=O) groups excluding carboxylic acids is 3. The first kappa shape index (κ1) is 13.6. The summed E-state index contributed by atoms with van der Waals surface area (Å²) in [6.07, 6.45) is 1.99. The highest BCUT2D eigenvalue weighted by Crippen LogP contribution is 2.63. The van der Waals surface area contributed by atoms with Crippen LogP contribution in [0, 0.1) is 22.7 Å². The number of carbonyl (C=O) groups is 3. The summed E-state index contributed by atoms with van der Waals surface area (Å²) in [5, 5.41) is 0. The van der Waals surface area contributed by atoms with Gasteiger partial charge < -0.3 is 9.47 Å². The Bertz CT molecular complexity index is 498. The number of hydrogen-bond acceptors (Lipinski definition) is 5. The van der Waals surface area contributed by atoms with Gasteiger partial charge in [0.05, 0.1) is 12.5 Å². The van der Waals surface area contributed by atoms with E-state index in [2.05, 4.69) is 0 Å². The first-order valence-electron chi connectivity index (χ1n) is 7.17. The Balaban J connectivity index is 2.08. The predicted molar refractivity (Wildman–Crippen MR) is 68.6 cm³/mol. The summed E-state index contributed by atoms with van der Waals surface area (Å²) in [6, 6.07) is 0. The average Bonchev–Trinajstić information content (AvgIpc) is 2.67. The molecule has 5 heteroatoms. The van der Waals surface area contributed by atoms with Gasteiger partial charge in [0.2, 0.25) is 0 Å². The third-order valence-electron chi connectivity index (χ3n) is 5.91. The lowest BCUT2D eigenvalue weighted by Gasteiger charge is -2.53. The van der Waals surface area contributed by atoms with Crippen LogP contribution in [0.2, 0.25) is 0 Å². The van der Waals surface area contributed by atoms with Crippen LogP contribution in [0.3, 0.4) is 0 Å². The van der Waals surface area contributed by atoms with E-state index in [9.17, 15) is 14.4 Å². The molecule has 110 valence electrons. The van der Waals surface area contributed by atoms with Gasteiger partial charge in [-0.3, -0.25) is 14.4 Å². The van der Waals surface area contributed by atoms with Crippen LogP contribution in [0.25, 0.3) is 0 Å². The molecule has 2 aliphatic carbocycles. The lowest BCUT2D eigenvalue weighted by atomic mass is 9.47. The maximum atomic E-state index is 12.2. The molecule has 0 spiro atoms. The summed E-state index contributed by atoms with van der Waals surface area (Å²) in [4.78, 5) is 36.5. The van der Waals surface area contributed by atoms with E-state index < -0.39 is 22.7 Å². The smallest absolute Gasteiger partial charge is 0.317 e. The Morgan fingerprint density at radius 2 is 2.00 bits per heavy atom. The highest BCUT2D eigenvalue weighted by Gasteiger charge is 2.69. The second-order valence-electron chi connectivity index (χ2n) is 6.73. The van der Waals surface area contributed by atoms with Gasteiger partial charge in [-0.15, -0.1) is 0 Å². The Morgan fingerprint density at radius 3 is 2.65 bits per heavy atom. The van der Waals surface area contributed by atoms with Gasteiger partial charge in [-0.1, -0.05) is 6.92 Å². The molecule has 0 aromatic carbocycles. The fraction of sp³-hybridized carbons (Fsp3) is 0.800. The molecule has 0 unspecified atom stereocenters. The van der Waals surface area contributed by atoms with Crippen molar-refractivity contribution < 1.29 is 23.9 Å². The molecule has 1 saturated heterocycles. The van der Waals surface area contributed by atoms with Gasteiger partial charge in [0.1, 0.15) is 17.8 Å². The van der Waals surface area contributed by atoms with Crippen molar-refractivity contribution in [3.8, 4) is 0 Å². The van der Waals surface area contributed by atoms with Gasteiger partial charge in [-0.05, 0) is 32.1 Å². The highest BCUT2D eigenvalue weighted by molar-refractivity contribution is 6.02. The lowest BCUT2D eigenvalue weighted by molar-refractivity contribution is -0.175. The molecule has 2 saturated carbocycles. The molecule has 1 heterocycles. The SMILES string of the molecule is COC(=O)[C@@]1(C)CC[C@@H]2OC(=O)[C@@H]3C(=O)CC[C@@H]1[C@@]32C. The van der Waals surface area contributed by atoms with Crippen LogP contribution in [-0.2, 0) is 23.9 Å². The van der Waals surface area contributed by atoms with Gasteiger partial charge in [0.15, 0.2) is 0 Å². The molecule has 20 heavy (non-hydrogen) atoms. The quantitative estimate of drug-likeness (QED) is 0.537. The standard InChI is InChI=1S/C15H20O5/c1-14(13(18)19-3)7-6-10-15(2)9(14)5-4-8(16)11(15)12(17)20-10/h9-11H,4-7H2,1-3H3/t9-,10-,11-,14-,15+/m0/s1. The summed E-state index contributed by atoms with van der Waals surface area (Å²) in [5.74, 6) is -1.42. The Hall–Kier alpha value is -1.39. The van der Waals surface area contributed by atoms with E-state index in [0.29, 0.717) is 25.7 Å². The molecular weight excluding hydrogens is 260 g/mol. The largest absolute Gasteiger partial charge is 0.469 e. The highest BCUT2D eigenvalue weighted by atomic mass is 16.6. The predicted octanol–water partition coefficient (Wildman–Crippen LogP) is 1.49. The zero-order valence-corrected chi connectivity index (χ0v) is 12.1. The molecule has 0 N–H and O–H groups in total. The van der Waals surface area contributed by atoms with Crippen molar-refractivity contribution in [1.29, 1.82) is 0 Å². The van der Waals surface area contributed by atoms with Crippen molar-refractivity contribution in [2.45, 2.75) is 45.6 Å². The topological polar surface area (TPSA) is 69.7 Å². The maximum Gasteiger partial charge on any atom is 0.317 e. The van der Waals surface area contributed by atoms with E-state index in [1.165, 1.54) is 7.11 Å². The normalized spacial score (nSPS) is 46.6. The fourth-order valence-electron chi connectivity index (χ4n) is 4.88. The molecule has 0 amide bonds. The molecule has 3 rings (SSSR count). The average molecular weight is 280 g/mol. The minimum atomic E-state index is -0.699. The van der Waals surface area contributed by atoms with Crippen LogP contribution in [-0.4, -0.2) is 30.9 Å². The molecule has 1 aliphatic heterocycles. The molecule has 0 aromatic heterocycles. The number of ketones is 1. The summed E-state index contributed by atoms with van der Waals surface area (Å²) < 4.78 is 10.4. The van der Waals surface area contributed by atoms with E-state index >= 15 is 0 Å². The molecule has 0 radical (unpaired) electrons. The molecule has 3 fully saturated rings. The van der Waals surface area contributed by atoms with E-state index in [1.54, 1.807) is 0 Å². The van der Waals surface area contributed by atoms with Crippen LogP contribution in [0.1, 0.15) is 39.5 Å². The van der Waals surface area contributed by atoms with Gasteiger partial charge in [-0.25, -0.2) is 0 Å². The molecule has 3 aliphatic rings. The second-order valence-corrected chi connectivity index (χ2v) is 6.73. The van der Waals surface area contributed by atoms with Crippen molar-refractivity contribution >= 4 is 17.7 Å². The number of esters is 2. The first-order valence-corrected chi connectivity index (χ1v) is 7.17. The van der Waals surface area contributed by atoms with Gasteiger partial charge in [0, 0.05) is 11.8 Å². The van der Waals surface area contributed by atoms with E-state index in [0.717, 1.165) is 0 Å². The zero-order chi connectivity index (χ0) is 14.7. The Morgan fingerprint density at radius 1 is 1.30 bits per heavy atom. The molecule has 5 nitrogen and oxygen atoms in total. The van der Waals surface area contributed by atoms with Crippen molar-refractivity contribution in [3.05, 3.63) is 0 Å². The van der Waals surface area contributed by atoms with Crippen LogP contribution in [0.15, 0.2) is 0 Å². The Labute approximate surface area is 118 Å². The fourth-order valence-corrected chi connectivity index (χ4v) is 4.88. The third kappa shape index (κ3) is 1.41. The summed E-state index contributed by atoms with van der Waals surface area (Å²) in [7, 11) is 1.39. The minimum absolute atomic E-state index is 0.0367. The van der Waals surface area contributed by atoms with E-state index in [1.807, 2.05) is 13.8 Å². The Kier molecular flexibility index (Phi) is 2.76. The molecule has 0 bridgehead atoms. The van der Waals surface area contributed by atoms with Crippen LogP contribution in [0.5, 0.6) is 0 Å². The molecule has 5 atom stereocenters. The van der Waals surface area contributed by atoms with Crippen molar-refractivity contribution in [1.82, 2.24) is 0 Å². The van der Waals surface area contributed by atoms with Gasteiger partial charge in [0.25, 0.3) is 0 Å². The van der Waals surface area contributed by atoms with Crippen LogP contribution < -0.4 is 0 Å². The van der Waals surface area contributed by atoms with E-state index in [-0.39, 0.29) is 23.8 Å². The monoisotopic (exact) mass is 280 g/mol. The minimum Gasteiger partial charge on any atom is -0.469 e. The van der Waals surface area contributed by atoms with E-state index in [4.69, 9.17) is 9.47 Å². The zero-order valence-electron chi connectivity index (χ0n) is 12.1. The number of Topliss-reactive ketones (excluding diaryl/α,β-unsaturated/α-hetero) is 1. The third-order valence-corrected chi connectivity index (χ3v) is 5.91. The summed E-state index contributed by atoms with van der Waals surface area (Å²) in [6.45, 7) is 3.84. The van der Waals surface area contributed by atoms with Crippen molar-refractivity contribution in [2.75, 3.05) is 7.11 Å². The molecular formula is C15H20O5. The van der Waals surface area contributed by atoms with Gasteiger partial charge >= 0.3 is 11.9 Å².